The van der Waals surface area contributed by atoms with Crippen molar-refractivity contribution in [1.82, 2.24) is 9.97 Å². The van der Waals surface area contributed by atoms with Gasteiger partial charge in [0.2, 0.25) is 0 Å². The fourth-order valence-electron chi connectivity index (χ4n) is 2.89. The highest BCUT2D eigenvalue weighted by Gasteiger charge is 2.14. The summed E-state index contributed by atoms with van der Waals surface area (Å²) in [6.07, 6.45) is 3.90. The normalized spacial score (nSPS) is 12.6. The van der Waals surface area contributed by atoms with Crippen LogP contribution < -0.4 is 0 Å². The Morgan fingerprint density at radius 2 is 2.00 bits per heavy atom. The number of carbonyl (C=O) groups is 1. The van der Waals surface area contributed by atoms with Crippen LogP contribution in [0, 0.1) is 0 Å². The van der Waals surface area contributed by atoms with Gasteiger partial charge in [-0.15, -0.1) is 0 Å². The van der Waals surface area contributed by atoms with Crippen LogP contribution in [0.4, 0.5) is 0 Å². The van der Waals surface area contributed by atoms with Crippen LogP contribution in [0.15, 0.2) is 30.5 Å². The van der Waals surface area contributed by atoms with E-state index in [0.717, 1.165) is 46.8 Å². The molecule has 0 fully saturated rings. The highest BCUT2D eigenvalue weighted by molar-refractivity contribution is 6.08. The minimum absolute atomic E-state index is 0.0345. The van der Waals surface area contributed by atoms with Gasteiger partial charge in [-0.2, -0.15) is 0 Å². The van der Waals surface area contributed by atoms with E-state index in [0.29, 0.717) is 12.3 Å². The fraction of sp³-hybridized carbons (Fsp3) is 0.400. The Labute approximate surface area is 147 Å². The maximum Gasteiger partial charge on any atom is 0.356 e. The van der Waals surface area contributed by atoms with Crippen LogP contribution >= 0.6 is 0 Å². The number of unbranched alkanes of at least 4 members (excludes halogenated alkanes) is 1. The van der Waals surface area contributed by atoms with Crippen molar-refractivity contribution in [2.75, 3.05) is 13.2 Å². The second kappa shape index (κ2) is 7.66. The predicted molar refractivity (Wildman–Crippen MR) is 98.8 cm³/mol. The van der Waals surface area contributed by atoms with Gasteiger partial charge in [0.05, 0.1) is 24.4 Å². The third kappa shape index (κ3) is 3.66. The third-order valence-corrected chi connectivity index (χ3v) is 4.33. The van der Waals surface area contributed by atoms with Gasteiger partial charge in [0, 0.05) is 22.9 Å². The number of aromatic nitrogens is 2. The number of hydrogen-bond donors (Lipinski definition) is 1. The van der Waals surface area contributed by atoms with Crippen molar-refractivity contribution in [2.45, 2.75) is 39.7 Å². The molecular weight excluding hydrogens is 316 g/mol. The largest absolute Gasteiger partial charge is 0.461 e. The number of aromatic amines is 1. The second-order valence-corrected chi connectivity index (χ2v) is 6.13. The number of esters is 1. The lowest BCUT2D eigenvalue weighted by molar-refractivity contribution is 0.0519. The summed E-state index contributed by atoms with van der Waals surface area (Å²) in [5.41, 5.74) is 3.37. The molecular formula is C20H24N2O3. The zero-order valence-corrected chi connectivity index (χ0v) is 15.0. The van der Waals surface area contributed by atoms with Gasteiger partial charge in [0.25, 0.3) is 0 Å². The lowest BCUT2D eigenvalue weighted by Gasteiger charge is -2.13. The molecule has 2 heterocycles. The standard InChI is InChI=1S/C20H24N2O3/c1-4-6-9-25-13(3)14-7-8-17-15(10-14)16-11-18(20(23)24-5-2)21-12-19(16)22-17/h7-8,10-13,22H,4-6,9H2,1-3H3. The van der Waals surface area contributed by atoms with Crippen LogP contribution in [0.3, 0.4) is 0 Å². The zero-order valence-electron chi connectivity index (χ0n) is 15.0. The van der Waals surface area contributed by atoms with Gasteiger partial charge < -0.3 is 14.5 Å². The number of rotatable bonds is 7. The minimum atomic E-state index is -0.397. The van der Waals surface area contributed by atoms with E-state index in [9.17, 15) is 4.79 Å². The smallest absolute Gasteiger partial charge is 0.356 e. The molecule has 0 saturated heterocycles. The van der Waals surface area contributed by atoms with E-state index in [1.54, 1.807) is 19.2 Å². The highest BCUT2D eigenvalue weighted by Crippen LogP contribution is 2.29. The lowest BCUT2D eigenvalue weighted by Crippen LogP contribution is -2.06. The average Bonchev–Trinajstić information content (AvgIpc) is 2.99. The van der Waals surface area contributed by atoms with E-state index < -0.39 is 5.97 Å². The number of nitrogens with zero attached hydrogens (tertiary/aromatic N) is 1. The summed E-state index contributed by atoms with van der Waals surface area (Å²) in [5.74, 6) is -0.397. The summed E-state index contributed by atoms with van der Waals surface area (Å²) in [4.78, 5) is 19.5. The van der Waals surface area contributed by atoms with Gasteiger partial charge in [-0.05, 0) is 44.0 Å². The Bertz CT molecular complexity index is 885. The zero-order chi connectivity index (χ0) is 17.8. The second-order valence-electron chi connectivity index (χ2n) is 6.13. The van der Waals surface area contributed by atoms with Crippen molar-refractivity contribution in [3.63, 3.8) is 0 Å². The summed E-state index contributed by atoms with van der Waals surface area (Å²) >= 11 is 0. The molecule has 0 spiro atoms. The molecule has 0 aliphatic carbocycles. The van der Waals surface area contributed by atoms with Crippen molar-refractivity contribution in [2.24, 2.45) is 0 Å². The molecule has 1 atom stereocenters. The quantitative estimate of drug-likeness (QED) is 0.497. The molecule has 0 bridgehead atoms. The molecule has 2 aromatic heterocycles. The Morgan fingerprint density at radius 1 is 1.20 bits per heavy atom. The van der Waals surface area contributed by atoms with Gasteiger partial charge >= 0.3 is 5.97 Å². The van der Waals surface area contributed by atoms with Crippen LogP contribution in [0.5, 0.6) is 0 Å². The average molecular weight is 340 g/mol. The lowest BCUT2D eigenvalue weighted by atomic mass is 10.1. The van der Waals surface area contributed by atoms with Gasteiger partial charge in [-0.3, -0.25) is 0 Å². The number of carbonyl (C=O) groups excluding carboxylic acids is 1. The molecule has 1 N–H and O–H groups in total. The number of hydrogen-bond acceptors (Lipinski definition) is 4. The number of H-pyrrole nitrogens is 1. The monoisotopic (exact) mass is 340 g/mol. The van der Waals surface area contributed by atoms with Gasteiger partial charge in [0.15, 0.2) is 0 Å². The molecule has 0 saturated carbocycles. The van der Waals surface area contributed by atoms with Gasteiger partial charge in [-0.25, -0.2) is 9.78 Å². The first-order chi connectivity index (χ1) is 12.1. The molecule has 1 aromatic carbocycles. The van der Waals surface area contributed by atoms with Crippen LogP contribution in [0.2, 0.25) is 0 Å². The van der Waals surface area contributed by atoms with Gasteiger partial charge in [0.1, 0.15) is 5.69 Å². The summed E-state index contributed by atoms with van der Waals surface area (Å²) in [7, 11) is 0. The maximum absolute atomic E-state index is 12.0. The molecule has 5 nitrogen and oxygen atoms in total. The molecule has 3 aromatic rings. The number of benzene rings is 1. The topological polar surface area (TPSA) is 64.2 Å². The molecule has 5 heteroatoms. The summed E-state index contributed by atoms with van der Waals surface area (Å²) < 4.78 is 11.0. The van der Waals surface area contributed by atoms with Crippen LogP contribution in [0.1, 0.15) is 55.8 Å². The van der Waals surface area contributed by atoms with E-state index in [1.165, 1.54) is 0 Å². The highest BCUT2D eigenvalue weighted by atomic mass is 16.5. The Morgan fingerprint density at radius 3 is 2.76 bits per heavy atom. The first-order valence-corrected chi connectivity index (χ1v) is 8.84. The van der Waals surface area contributed by atoms with Crippen molar-refractivity contribution in [1.29, 1.82) is 0 Å². The number of nitrogens with one attached hydrogen (secondary N) is 1. The number of pyridine rings is 1. The number of fused-ring (bicyclic) bond motifs is 3. The fourth-order valence-corrected chi connectivity index (χ4v) is 2.89. The van der Waals surface area contributed by atoms with Crippen LogP contribution in [-0.4, -0.2) is 29.2 Å². The van der Waals surface area contributed by atoms with Crippen molar-refractivity contribution >= 4 is 27.8 Å². The van der Waals surface area contributed by atoms with E-state index >= 15 is 0 Å². The van der Waals surface area contributed by atoms with E-state index in [-0.39, 0.29) is 6.10 Å². The Balaban J connectivity index is 1.97. The number of ether oxygens (including phenoxy) is 2. The van der Waals surface area contributed by atoms with E-state index in [4.69, 9.17) is 9.47 Å². The molecule has 0 amide bonds. The molecule has 25 heavy (non-hydrogen) atoms. The first-order valence-electron chi connectivity index (χ1n) is 8.84. The van der Waals surface area contributed by atoms with E-state index in [2.05, 4.69) is 35.9 Å². The summed E-state index contributed by atoms with van der Waals surface area (Å²) in [5, 5.41) is 2.03. The summed E-state index contributed by atoms with van der Waals surface area (Å²) in [6.45, 7) is 7.11. The van der Waals surface area contributed by atoms with Crippen molar-refractivity contribution in [3.05, 3.63) is 41.7 Å². The molecule has 0 radical (unpaired) electrons. The van der Waals surface area contributed by atoms with E-state index in [1.807, 2.05) is 6.07 Å². The molecule has 132 valence electrons. The molecule has 1 unspecified atom stereocenters. The molecule has 0 aliphatic heterocycles. The first kappa shape index (κ1) is 17.4. The Kier molecular flexibility index (Phi) is 5.34. The predicted octanol–water partition coefficient (Wildman–Crippen LogP) is 4.77. The third-order valence-electron chi connectivity index (χ3n) is 4.33. The van der Waals surface area contributed by atoms with Crippen molar-refractivity contribution < 1.29 is 14.3 Å². The molecule has 3 rings (SSSR count). The van der Waals surface area contributed by atoms with Crippen LogP contribution in [-0.2, 0) is 9.47 Å². The summed E-state index contributed by atoms with van der Waals surface area (Å²) in [6, 6.07) is 8.04. The van der Waals surface area contributed by atoms with Crippen LogP contribution in [0.25, 0.3) is 21.8 Å². The van der Waals surface area contributed by atoms with Crippen molar-refractivity contribution in [3.8, 4) is 0 Å². The SMILES string of the molecule is CCCCOC(C)c1ccc2[nH]c3cnc(C(=O)OCC)cc3c2c1. The Hall–Kier alpha value is -2.40. The minimum Gasteiger partial charge on any atom is -0.461 e. The molecule has 0 aliphatic rings. The maximum atomic E-state index is 12.0. The van der Waals surface area contributed by atoms with Gasteiger partial charge in [-0.1, -0.05) is 19.4 Å².